The standard InChI is InChI=1S/C19H19F3N2O3/c1-13-2-8-16(9-3-13)27-12-17(25)23-10-11-24-18(26)14-4-6-15(7-5-14)19(20,21)22/h2-9H,10-12H2,1H3,(H,23,25)(H,24,26). The summed E-state index contributed by atoms with van der Waals surface area (Å²) in [5.41, 5.74) is 0.368. The molecule has 0 fully saturated rings. The molecule has 0 heterocycles. The van der Waals surface area contributed by atoms with Crippen molar-refractivity contribution in [2.24, 2.45) is 0 Å². The van der Waals surface area contributed by atoms with E-state index in [-0.39, 0.29) is 31.2 Å². The van der Waals surface area contributed by atoms with Crippen molar-refractivity contribution in [1.82, 2.24) is 10.6 Å². The summed E-state index contributed by atoms with van der Waals surface area (Å²) in [5, 5.41) is 5.09. The van der Waals surface area contributed by atoms with Crippen LogP contribution < -0.4 is 15.4 Å². The zero-order valence-electron chi connectivity index (χ0n) is 14.6. The van der Waals surface area contributed by atoms with Crippen LogP contribution in [0.15, 0.2) is 48.5 Å². The minimum absolute atomic E-state index is 0.108. The lowest BCUT2D eigenvalue weighted by atomic mass is 10.1. The molecule has 0 aliphatic heterocycles. The fraction of sp³-hybridized carbons (Fsp3) is 0.263. The number of hydrogen-bond donors (Lipinski definition) is 2. The molecule has 8 heteroatoms. The molecule has 2 aromatic carbocycles. The molecule has 0 radical (unpaired) electrons. The molecular weight excluding hydrogens is 361 g/mol. The smallest absolute Gasteiger partial charge is 0.416 e. The number of benzene rings is 2. The molecule has 2 aromatic rings. The van der Waals surface area contributed by atoms with Gasteiger partial charge in [0.05, 0.1) is 5.56 Å². The summed E-state index contributed by atoms with van der Waals surface area (Å²) in [6.07, 6.45) is -4.44. The van der Waals surface area contributed by atoms with E-state index in [9.17, 15) is 22.8 Å². The van der Waals surface area contributed by atoms with Gasteiger partial charge in [-0.15, -0.1) is 0 Å². The molecule has 0 aliphatic rings. The molecule has 0 aromatic heterocycles. The van der Waals surface area contributed by atoms with E-state index in [1.807, 2.05) is 19.1 Å². The Labute approximate surface area is 154 Å². The highest BCUT2D eigenvalue weighted by Crippen LogP contribution is 2.29. The van der Waals surface area contributed by atoms with E-state index in [0.717, 1.165) is 29.8 Å². The quantitative estimate of drug-likeness (QED) is 0.726. The van der Waals surface area contributed by atoms with E-state index in [1.165, 1.54) is 0 Å². The second-order valence-electron chi connectivity index (χ2n) is 5.78. The predicted octanol–water partition coefficient (Wildman–Crippen LogP) is 2.94. The van der Waals surface area contributed by atoms with Crippen LogP contribution in [-0.2, 0) is 11.0 Å². The maximum absolute atomic E-state index is 12.5. The monoisotopic (exact) mass is 380 g/mol. The lowest BCUT2D eigenvalue weighted by Gasteiger charge is -2.10. The Balaban J connectivity index is 1.67. The first-order chi connectivity index (χ1) is 12.8. The maximum Gasteiger partial charge on any atom is 0.416 e. The fourth-order valence-electron chi connectivity index (χ4n) is 2.13. The third-order valence-electron chi connectivity index (χ3n) is 3.60. The molecule has 0 bridgehead atoms. The summed E-state index contributed by atoms with van der Waals surface area (Å²) in [6, 6.07) is 11.1. The van der Waals surface area contributed by atoms with Crippen LogP contribution in [0.4, 0.5) is 13.2 Å². The average molecular weight is 380 g/mol. The highest BCUT2D eigenvalue weighted by molar-refractivity contribution is 5.94. The van der Waals surface area contributed by atoms with Crippen LogP contribution in [0.5, 0.6) is 5.75 Å². The van der Waals surface area contributed by atoms with E-state index < -0.39 is 17.6 Å². The molecule has 0 unspecified atom stereocenters. The summed E-state index contributed by atoms with van der Waals surface area (Å²) in [4.78, 5) is 23.5. The first-order valence-electron chi connectivity index (χ1n) is 8.17. The Bertz CT molecular complexity index is 772. The molecule has 0 spiro atoms. The SMILES string of the molecule is Cc1ccc(OCC(=O)NCCNC(=O)c2ccc(C(F)(F)F)cc2)cc1. The van der Waals surface area contributed by atoms with Crippen molar-refractivity contribution < 1.29 is 27.5 Å². The first kappa shape index (κ1) is 20.3. The van der Waals surface area contributed by atoms with E-state index in [4.69, 9.17) is 4.74 Å². The summed E-state index contributed by atoms with van der Waals surface area (Å²) in [7, 11) is 0. The second-order valence-corrected chi connectivity index (χ2v) is 5.78. The third-order valence-corrected chi connectivity index (χ3v) is 3.60. The predicted molar refractivity (Wildman–Crippen MR) is 93.5 cm³/mol. The van der Waals surface area contributed by atoms with Gasteiger partial charge < -0.3 is 15.4 Å². The lowest BCUT2D eigenvalue weighted by molar-refractivity contribution is -0.137. The van der Waals surface area contributed by atoms with Crippen molar-refractivity contribution in [1.29, 1.82) is 0 Å². The Morgan fingerprint density at radius 3 is 2.11 bits per heavy atom. The number of carbonyl (C=O) groups is 2. The van der Waals surface area contributed by atoms with Gasteiger partial charge in [0.25, 0.3) is 11.8 Å². The number of aryl methyl sites for hydroxylation is 1. The van der Waals surface area contributed by atoms with E-state index in [2.05, 4.69) is 10.6 Å². The van der Waals surface area contributed by atoms with E-state index in [1.54, 1.807) is 12.1 Å². The number of nitrogens with one attached hydrogen (secondary N) is 2. The number of amides is 2. The van der Waals surface area contributed by atoms with Gasteiger partial charge in [-0.25, -0.2) is 0 Å². The van der Waals surface area contributed by atoms with Crippen LogP contribution in [0.3, 0.4) is 0 Å². The Morgan fingerprint density at radius 2 is 1.52 bits per heavy atom. The van der Waals surface area contributed by atoms with Gasteiger partial charge in [-0.05, 0) is 43.3 Å². The molecule has 0 aliphatic carbocycles. The van der Waals surface area contributed by atoms with E-state index >= 15 is 0 Å². The molecular formula is C19H19F3N2O3. The van der Waals surface area contributed by atoms with Crippen LogP contribution in [0.2, 0.25) is 0 Å². The van der Waals surface area contributed by atoms with Crippen LogP contribution in [0, 0.1) is 6.92 Å². The van der Waals surface area contributed by atoms with Gasteiger partial charge in [0.2, 0.25) is 0 Å². The number of hydrogen-bond acceptors (Lipinski definition) is 3. The van der Waals surface area contributed by atoms with Gasteiger partial charge >= 0.3 is 6.18 Å². The van der Waals surface area contributed by atoms with Crippen molar-refractivity contribution in [3.63, 3.8) is 0 Å². The summed E-state index contributed by atoms with van der Waals surface area (Å²) >= 11 is 0. The summed E-state index contributed by atoms with van der Waals surface area (Å²) in [5.74, 6) is -0.292. The molecule has 0 saturated heterocycles. The van der Waals surface area contributed by atoms with Crippen molar-refractivity contribution in [2.75, 3.05) is 19.7 Å². The van der Waals surface area contributed by atoms with Crippen molar-refractivity contribution in [2.45, 2.75) is 13.1 Å². The molecule has 2 rings (SSSR count). The Hall–Kier alpha value is -3.03. The van der Waals surface area contributed by atoms with Gasteiger partial charge in [0.15, 0.2) is 6.61 Å². The third kappa shape index (κ3) is 6.65. The number of ether oxygens (including phenoxy) is 1. The molecule has 2 N–H and O–H groups in total. The molecule has 5 nitrogen and oxygen atoms in total. The fourth-order valence-corrected chi connectivity index (χ4v) is 2.13. The molecule has 0 saturated carbocycles. The molecule has 144 valence electrons. The zero-order chi connectivity index (χ0) is 19.9. The van der Waals surface area contributed by atoms with Crippen molar-refractivity contribution in [3.8, 4) is 5.75 Å². The minimum atomic E-state index is -4.44. The van der Waals surface area contributed by atoms with Crippen LogP contribution in [-0.4, -0.2) is 31.5 Å². The number of carbonyl (C=O) groups excluding carboxylic acids is 2. The Morgan fingerprint density at radius 1 is 0.926 bits per heavy atom. The maximum atomic E-state index is 12.5. The second kappa shape index (κ2) is 9.07. The van der Waals surface area contributed by atoms with Gasteiger partial charge in [0.1, 0.15) is 5.75 Å². The number of rotatable bonds is 7. The van der Waals surface area contributed by atoms with Crippen molar-refractivity contribution in [3.05, 3.63) is 65.2 Å². The van der Waals surface area contributed by atoms with Gasteiger partial charge in [-0.2, -0.15) is 13.2 Å². The van der Waals surface area contributed by atoms with Gasteiger partial charge in [0, 0.05) is 18.7 Å². The number of halogens is 3. The minimum Gasteiger partial charge on any atom is -0.484 e. The van der Waals surface area contributed by atoms with Gasteiger partial charge in [-0.3, -0.25) is 9.59 Å². The topological polar surface area (TPSA) is 67.4 Å². The van der Waals surface area contributed by atoms with Crippen LogP contribution in [0.1, 0.15) is 21.5 Å². The van der Waals surface area contributed by atoms with E-state index in [0.29, 0.717) is 5.75 Å². The van der Waals surface area contributed by atoms with Crippen LogP contribution in [0.25, 0.3) is 0 Å². The lowest BCUT2D eigenvalue weighted by Crippen LogP contribution is -2.36. The number of alkyl halides is 3. The normalized spacial score (nSPS) is 11.0. The highest BCUT2D eigenvalue weighted by Gasteiger charge is 2.30. The highest BCUT2D eigenvalue weighted by atomic mass is 19.4. The molecule has 0 atom stereocenters. The van der Waals surface area contributed by atoms with Crippen LogP contribution >= 0.6 is 0 Å². The van der Waals surface area contributed by atoms with Gasteiger partial charge in [-0.1, -0.05) is 17.7 Å². The summed E-state index contributed by atoms with van der Waals surface area (Å²) in [6.45, 7) is 2.09. The largest absolute Gasteiger partial charge is 0.484 e. The molecule has 27 heavy (non-hydrogen) atoms. The molecule has 2 amide bonds. The Kier molecular flexibility index (Phi) is 6.81. The zero-order valence-corrected chi connectivity index (χ0v) is 14.6. The average Bonchev–Trinajstić information content (AvgIpc) is 2.64. The first-order valence-corrected chi connectivity index (χ1v) is 8.17. The van der Waals surface area contributed by atoms with Crippen molar-refractivity contribution >= 4 is 11.8 Å². The summed E-state index contributed by atoms with van der Waals surface area (Å²) < 4.78 is 42.8.